The Hall–Kier alpha value is -2.73. The van der Waals surface area contributed by atoms with Crippen LogP contribution >= 0.6 is 0 Å². The van der Waals surface area contributed by atoms with E-state index in [1.807, 2.05) is 42.5 Å². The van der Waals surface area contributed by atoms with Gasteiger partial charge in [0, 0.05) is 24.7 Å². The molecule has 6 heteroatoms. The number of hydrogen-bond donors (Lipinski definition) is 1. The Morgan fingerprint density at radius 2 is 1.92 bits per heavy atom. The summed E-state index contributed by atoms with van der Waals surface area (Å²) >= 11 is 0. The van der Waals surface area contributed by atoms with Crippen LogP contribution in [0.1, 0.15) is 42.0 Å². The summed E-state index contributed by atoms with van der Waals surface area (Å²) in [5, 5.41) is 7.62. The van der Waals surface area contributed by atoms with Gasteiger partial charge in [0.25, 0.3) is 0 Å². The third kappa shape index (κ3) is 3.44. The first kappa shape index (κ1) is 16.1. The van der Waals surface area contributed by atoms with Gasteiger partial charge >= 0.3 is 0 Å². The molecule has 24 heavy (non-hydrogen) atoms. The Labute approximate surface area is 140 Å². The molecule has 0 aliphatic heterocycles. The van der Waals surface area contributed by atoms with Crippen molar-refractivity contribution < 1.29 is 9.26 Å². The predicted molar refractivity (Wildman–Crippen MR) is 89.7 cm³/mol. The Morgan fingerprint density at radius 3 is 2.58 bits per heavy atom. The fourth-order valence-corrected chi connectivity index (χ4v) is 2.61. The summed E-state index contributed by atoms with van der Waals surface area (Å²) in [6.07, 6.45) is 1.78. The van der Waals surface area contributed by atoms with Gasteiger partial charge in [0.1, 0.15) is 11.8 Å². The number of ether oxygens (including phenoxy) is 1. The maximum Gasteiger partial charge on any atom is 0.223 e. The minimum Gasteiger partial charge on any atom is -0.496 e. The molecular weight excluding hydrogens is 304 g/mol. The Kier molecular flexibility index (Phi) is 4.86. The molecule has 0 aliphatic carbocycles. The lowest BCUT2D eigenvalue weighted by Gasteiger charge is -2.22. The first-order valence-corrected chi connectivity index (χ1v) is 7.79. The molecule has 2 aromatic heterocycles. The van der Waals surface area contributed by atoms with E-state index in [9.17, 15) is 0 Å². The summed E-state index contributed by atoms with van der Waals surface area (Å²) in [5.74, 6) is 1.86. The van der Waals surface area contributed by atoms with Crippen LogP contribution in [-0.4, -0.2) is 22.2 Å². The standard InChI is InChI=1S/C18H20N4O2/c1-12(15-9-6-7-11-19-15)20-17(18-21-13(2)24-22-18)14-8-4-5-10-16(14)23-3/h4-12,17,20H,1-3H3/t12-,17-/m1/s1. The van der Waals surface area contributed by atoms with Crippen molar-refractivity contribution in [3.8, 4) is 5.75 Å². The summed E-state index contributed by atoms with van der Waals surface area (Å²) in [6, 6.07) is 13.4. The lowest BCUT2D eigenvalue weighted by Crippen LogP contribution is -2.27. The van der Waals surface area contributed by atoms with Crippen LogP contribution in [0.4, 0.5) is 0 Å². The number of hydrogen-bond acceptors (Lipinski definition) is 6. The quantitative estimate of drug-likeness (QED) is 0.750. The van der Waals surface area contributed by atoms with Crippen molar-refractivity contribution in [2.75, 3.05) is 7.11 Å². The first-order valence-electron chi connectivity index (χ1n) is 7.79. The van der Waals surface area contributed by atoms with E-state index in [1.165, 1.54) is 0 Å². The van der Waals surface area contributed by atoms with E-state index in [0.29, 0.717) is 11.7 Å². The van der Waals surface area contributed by atoms with Gasteiger partial charge < -0.3 is 9.26 Å². The highest BCUT2D eigenvalue weighted by Gasteiger charge is 2.25. The largest absolute Gasteiger partial charge is 0.496 e. The number of aryl methyl sites for hydroxylation is 1. The van der Waals surface area contributed by atoms with E-state index in [0.717, 1.165) is 17.0 Å². The monoisotopic (exact) mass is 324 g/mol. The van der Waals surface area contributed by atoms with Gasteiger partial charge in [-0.25, -0.2) is 0 Å². The van der Waals surface area contributed by atoms with Crippen molar-refractivity contribution in [1.29, 1.82) is 0 Å². The zero-order valence-corrected chi connectivity index (χ0v) is 13.9. The summed E-state index contributed by atoms with van der Waals surface area (Å²) in [5.41, 5.74) is 1.89. The van der Waals surface area contributed by atoms with Crippen LogP contribution in [0.3, 0.4) is 0 Å². The molecule has 0 fully saturated rings. The van der Waals surface area contributed by atoms with Crippen LogP contribution in [0.5, 0.6) is 5.75 Å². The van der Waals surface area contributed by atoms with Gasteiger partial charge in [-0.2, -0.15) is 4.98 Å². The van der Waals surface area contributed by atoms with E-state index in [-0.39, 0.29) is 12.1 Å². The molecule has 2 atom stereocenters. The van der Waals surface area contributed by atoms with Crippen molar-refractivity contribution in [1.82, 2.24) is 20.4 Å². The molecule has 3 rings (SSSR count). The number of nitrogens with zero attached hydrogens (tertiary/aromatic N) is 3. The number of aromatic nitrogens is 3. The zero-order chi connectivity index (χ0) is 16.9. The van der Waals surface area contributed by atoms with Crippen LogP contribution < -0.4 is 10.1 Å². The number of methoxy groups -OCH3 is 1. The molecule has 3 aromatic rings. The zero-order valence-electron chi connectivity index (χ0n) is 13.9. The normalized spacial score (nSPS) is 13.5. The molecule has 0 saturated heterocycles. The van der Waals surface area contributed by atoms with E-state index in [4.69, 9.17) is 9.26 Å². The number of nitrogens with one attached hydrogen (secondary N) is 1. The van der Waals surface area contributed by atoms with Crippen LogP contribution in [-0.2, 0) is 0 Å². The SMILES string of the molecule is COc1ccccc1[C@@H](N[C@H](C)c1ccccn1)c1noc(C)n1. The molecule has 0 saturated carbocycles. The second-order valence-corrected chi connectivity index (χ2v) is 5.49. The summed E-state index contributed by atoms with van der Waals surface area (Å²) in [4.78, 5) is 8.80. The molecule has 1 N–H and O–H groups in total. The van der Waals surface area contributed by atoms with Crippen LogP contribution in [0.15, 0.2) is 53.2 Å². The van der Waals surface area contributed by atoms with Gasteiger partial charge in [0.15, 0.2) is 5.82 Å². The molecule has 6 nitrogen and oxygen atoms in total. The highest BCUT2D eigenvalue weighted by Crippen LogP contribution is 2.30. The number of pyridine rings is 1. The highest BCUT2D eigenvalue weighted by molar-refractivity contribution is 5.39. The molecule has 0 bridgehead atoms. The van der Waals surface area contributed by atoms with Gasteiger partial charge in [-0.15, -0.1) is 0 Å². The highest BCUT2D eigenvalue weighted by atomic mass is 16.5. The van der Waals surface area contributed by atoms with Crippen LogP contribution in [0.2, 0.25) is 0 Å². The van der Waals surface area contributed by atoms with E-state index in [1.54, 1.807) is 20.2 Å². The van der Waals surface area contributed by atoms with Crippen molar-refractivity contribution in [2.24, 2.45) is 0 Å². The second-order valence-electron chi connectivity index (χ2n) is 5.49. The average molecular weight is 324 g/mol. The molecule has 0 aliphatic rings. The fourth-order valence-electron chi connectivity index (χ4n) is 2.61. The minimum absolute atomic E-state index is 0.0000756. The smallest absolute Gasteiger partial charge is 0.223 e. The average Bonchev–Trinajstić information content (AvgIpc) is 3.06. The topological polar surface area (TPSA) is 73.1 Å². The summed E-state index contributed by atoms with van der Waals surface area (Å²) < 4.78 is 10.7. The van der Waals surface area contributed by atoms with Gasteiger partial charge in [0.2, 0.25) is 5.89 Å². The van der Waals surface area contributed by atoms with Crippen molar-refractivity contribution in [3.05, 3.63) is 71.6 Å². The van der Waals surface area contributed by atoms with Crippen molar-refractivity contribution in [2.45, 2.75) is 25.9 Å². The second kappa shape index (κ2) is 7.23. The molecule has 0 unspecified atom stereocenters. The van der Waals surface area contributed by atoms with Gasteiger partial charge in [-0.05, 0) is 25.1 Å². The molecule has 124 valence electrons. The van der Waals surface area contributed by atoms with Gasteiger partial charge in [0.05, 0.1) is 12.8 Å². The predicted octanol–water partition coefficient (Wildman–Crippen LogP) is 3.22. The summed E-state index contributed by atoms with van der Waals surface area (Å²) in [6.45, 7) is 3.83. The summed E-state index contributed by atoms with van der Waals surface area (Å²) in [7, 11) is 1.65. The first-order chi connectivity index (χ1) is 11.7. The lowest BCUT2D eigenvalue weighted by molar-refractivity contribution is 0.371. The van der Waals surface area contributed by atoms with Gasteiger partial charge in [-0.3, -0.25) is 10.3 Å². The fraction of sp³-hybridized carbons (Fsp3) is 0.278. The third-order valence-corrected chi connectivity index (χ3v) is 3.80. The van der Waals surface area contributed by atoms with E-state index < -0.39 is 0 Å². The number of benzene rings is 1. The molecule has 2 heterocycles. The maximum atomic E-state index is 5.50. The lowest BCUT2D eigenvalue weighted by atomic mass is 10.0. The van der Waals surface area contributed by atoms with E-state index >= 15 is 0 Å². The van der Waals surface area contributed by atoms with Crippen molar-refractivity contribution in [3.63, 3.8) is 0 Å². The third-order valence-electron chi connectivity index (χ3n) is 3.80. The molecule has 0 amide bonds. The Balaban J connectivity index is 1.96. The van der Waals surface area contributed by atoms with Crippen LogP contribution in [0.25, 0.3) is 0 Å². The molecule has 1 aromatic carbocycles. The Bertz CT molecular complexity index is 788. The molecule has 0 spiro atoms. The van der Waals surface area contributed by atoms with Crippen molar-refractivity contribution >= 4 is 0 Å². The maximum absolute atomic E-state index is 5.50. The van der Waals surface area contributed by atoms with E-state index in [2.05, 4.69) is 27.4 Å². The molecular formula is C18H20N4O2. The number of para-hydroxylation sites is 1. The minimum atomic E-state index is -0.268. The Morgan fingerprint density at radius 1 is 1.12 bits per heavy atom. The molecule has 0 radical (unpaired) electrons. The van der Waals surface area contributed by atoms with Crippen LogP contribution in [0, 0.1) is 6.92 Å². The number of rotatable bonds is 6. The van der Waals surface area contributed by atoms with Gasteiger partial charge in [-0.1, -0.05) is 29.4 Å².